The van der Waals surface area contributed by atoms with Crippen molar-refractivity contribution < 1.29 is 5.11 Å². The van der Waals surface area contributed by atoms with Gasteiger partial charge in [-0.3, -0.25) is 0 Å². The third-order valence-electron chi connectivity index (χ3n) is 3.23. The molecule has 18 heavy (non-hydrogen) atoms. The Labute approximate surface area is 118 Å². The quantitative estimate of drug-likeness (QED) is 0.754. The number of halogens is 1. The van der Waals surface area contributed by atoms with E-state index in [0.29, 0.717) is 6.04 Å². The molecule has 1 fully saturated rings. The third-order valence-corrected chi connectivity index (χ3v) is 4.74. The Morgan fingerprint density at radius 1 is 1.44 bits per heavy atom. The number of rotatable bonds is 7. The van der Waals surface area contributed by atoms with Crippen molar-refractivity contribution in [3.8, 4) is 0 Å². The number of nitrogens with one attached hydrogen (secondary N) is 1. The molecular weight excluding hydrogens is 266 g/mol. The van der Waals surface area contributed by atoms with Crippen LogP contribution in [0.3, 0.4) is 0 Å². The van der Waals surface area contributed by atoms with Crippen LogP contribution in [0.25, 0.3) is 0 Å². The zero-order valence-corrected chi connectivity index (χ0v) is 12.2. The highest BCUT2D eigenvalue weighted by Gasteiger charge is 2.31. The number of benzene rings is 1. The topological polar surface area (TPSA) is 32.3 Å². The van der Waals surface area contributed by atoms with Crippen LogP contribution in [-0.4, -0.2) is 29.0 Å². The van der Waals surface area contributed by atoms with Crippen molar-refractivity contribution >= 4 is 23.4 Å². The van der Waals surface area contributed by atoms with E-state index in [9.17, 15) is 5.11 Å². The molecule has 2 nitrogen and oxygen atoms in total. The average molecular weight is 286 g/mol. The number of hydrogen-bond donors (Lipinski definition) is 2. The molecule has 4 heteroatoms. The molecule has 0 aliphatic heterocycles. The van der Waals surface area contributed by atoms with E-state index < -0.39 is 0 Å². The highest BCUT2D eigenvalue weighted by molar-refractivity contribution is 7.99. The van der Waals surface area contributed by atoms with Gasteiger partial charge in [0.25, 0.3) is 0 Å². The highest BCUT2D eigenvalue weighted by atomic mass is 35.5. The molecule has 100 valence electrons. The molecule has 1 saturated carbocycles. The molecule has 0 saturated heterocycles. The summed E-state index contributed by atoms with van der Waals surface area (Å²) in [6, 6.07) is 8.52. The highest BCUT2D eigenvalue weighted by Crippen LogP contribution is 2.29. The maximum Gasteiger partial charge on any atom is 0.0610 e. The van der Waals surface area contributed by atoms with Crippen molar-refractivity contribution in [1.82, 2.24) is 5.32 Å². The average Bonchev–Trinajstić information content (AvgIpc) is 3.15. The lowest BCUT2D eigenvalue weighted by molar-refractivity contribution is 0.169. The predicted molar refractivity (Wildman–Crippen MR) is 78.4 cm³/mol. The van der Waals surface area contributed by atoms with Gasteiger partial charge in [-0.05, 0) is 44.1 Å². The summed E-state index contributed by atoms with van der Waals surface area (Å²) in [6.45, 7) is 2.28. The Kier molecular flexibility index (Phi) is 4.96. The molecule has 0 radical (unpaired) electrons. The minimum absolute atomic E-state index is 0.157. The SMILES string of the molecule is CC(CO)(CCSc1ccccc1Cl)NC1CC1. The molecule has 0 bridgehead atoms. The van der Waals surface area contributed by atoms with Crippen LogP contribution in [-0.2, 0) is 0 Å². The van der Waals surface area contributed by atoms with Crippen molar-refractivity contribution in [3.63, 3.8) is 0 Å². The molecule has 2 N–H and O–H groups in total. The smallest absolute Gasteiger partial charge is 0.0610 e. The molecule has 1 aromatic carbocycles. The van der Waals surface area contributed by atoms with Gasteiger partial charge in [0.05, 0.1) is 11.6 Å². The van der Waals surface area contributed by atoms with Crippen molar-refractivity contribution in [2.75, 3.05) is 12.4 Å². The lowest BCUT2D eigenvalue weighted by Gasteiger charge is -2.29. The van der Waals surface area contributed by atoms with Gasteiger partial charge in [0.1, 0.15) is 0 Å². The second kappa shape index (κ2) is 6.29. The molecule has 0 aromatic heterocycles. The largest absolute Gasteiger partial charge is 0.394 e. The molecule has 1 aliphatic carbocycles. The van der Waals surface area contributed by atoms with Crippen molar-refractivity contribution in [2.24, 2.45) is 0 Å². The molecule has 1 aromatic rings. The normalized spacial score (nSPS) is 18.6. The molecule has 1 atom stereocenters. The van der Waals surface area contributed by atoms with Crippen LogP contribution < -0.4 is 5.32 Å². The lowest BCUT2D eigenvalue weighted by Crippen LogP contribution is -2.47. The maximum atomic E-state index is 9.52. The molecule has 0 amide bonds. The molecule has 2 rings (SSSR count). The van der Waals surface area contributed by atoms with E-state index in [2.05, 4.69) is 12.2 Å². The van der Waals surface area contributed by atoms with Gasteiger partial charge in [0, 0.05) is 16.5 Å². The summed E-state index contributed by atoms with van der Waals surface area (Å²) in [6.07, 6.45) is 3.43. The summed E-state index contributed by atoms with van der Waals surface area (Å²) in [5.41, 5.74) is -0.157. The maximum absolute atomic E-state index is 9.52. The summed E-state index contributed by atoms with van der Waals surface area (Å²) >= 11 is 7.87. The summed E-state index contributed by atoms with van der Waals surface area (Å²) in [4.78, 5) is 1.12. The fraction of sp³-hybridized carbons (Fsp3) is 0.571. The van der Waals surface area contributed by atoms with Gasteiger partial charge in [-0.15, -0.1) is 11.8 Å². The van der Waals surface area contributed by atoms with Gasteiger partial charge in [-0.25, -0.2) is 0 Å². The van der Waals surface area contributed by atoms with E-state index in [1.807, 2.05) is 24.3 Å². The first-order valence-corrected chi connectivity index (χ1v) is 7.75. The van der Waals surface area contributed by atoms with Gasteiger partial charge >= 0.3 is 0 Å². The second-order valence-electron chi connectivity index (χ2n) is 5.17. The Hall–Kier alpha value is -0.220. The fourth-order valence-corrected chi connectivity index (χ4v) is 3.32. The molecule has 0 spiro atoms. The van der Waals surface area contributed by atoms with Gasteiger partial charge in [-0.1, -0.05) is 23.7 Å². The van der Waals surface area contributed by atoms with Gasteiger partial charge in [0.2, 0.25) is 0 Å². The first kappa shape index (κ1) is 14.2. The number of thioether (sulfide) groups is 1. The van der Waals surface area contributed by atoms with Gasteiger partial charge in [0.15, 0.2) is 0 Å². The van der Waals surface area contributed by atoms with Crippen molar-refractivity contribution in [3.05, 3.63) is 29.3 Å². The summed E-state index contributed by atoms with van der Waals surface area (Å²) < 4.78 is 0. The third kappa shape index (κ3) is 4.16. The predicted octanol–water partition coefficient (Wildman–Crippen LogP) is 3.33. The van der Waals surface area contributed by atoms with E-state index in [4.69, 9.17) is 11.6 Å². The van der Waals surface area contributed by atoms with Crippen molar-refractivity contribution in [2.45, 2.75) is 42.7 Å². The monoisotopic (exact) mass is 285 g/mol. The number of aliphatic hydroxyl groups excluding tert-OH is 1. The Morgan fingerprint density at radius 3 is 2.78 bits per heavy atom. The molecule has 0 heterocycles. The van der Waals surface area contributed by atoms with Crippen LogP contribution in [0, 0.1) is 0 Å². The van der Waals surface area contributed by atoms with E-state index in [1.54, 1.807) is 11.8 Å². The van der Waals surface area contributed by atoms with E-state index in [0.717, 1.165) is 22.1 Å². The Balaban J connectivity index is 1.81. The van der Waals surface area contributed by atoms with Crippen molar-refractivity contribution in [1.29, 1.82) is 0 Å². The van der Waals surface area contributed by atoms with Crippen LogP contribution in [0.5, 0.6) is 0 Å². The molecule has 1 unspecified atom stereocenters. The Morgan fingerprint density at radius 2 is 2.17 bits per heavy atom. The minimum Gasteiger partial charge on any atom is -0.394 e. The number of aliphatic hydroxyl groups is 1. The van der Waals surface area contributed by atoms with E-state index in [-0.39, 0.29) is 12.1 Å². The fourth-order valence-electron chi connectivity index (χ4n) is 1.87. The lowest BCUT2D eigenvalue weighted by atomic mass is 10.0. The second-order valence-corrected chi connectivity index (χ2v) is 6.71. The summed E-state index contributed by atoms with van der Waals surface area (Å²) in [5, 5.41) is 13.8. The zero-order valence-electron chi connectivity index (χ0n) is 10.7. The van der Waals surface area contributed by atoms with Crippen LogP contribution in [0.4, 0.5) is 0 Å². The zero-order chi connectivity index (χ0) is 13.0. The first-order valence-electron chi connectivity index (χ1n) is 6.39. The Bertz CT molecular complexity index is 397. The number of hydrogen-bond acceptors (Lipinski definition) is 3. The summed E-state index contributed by atoms with van der Waals surface area (Å²) in [7, 11) is 0. The van der Waals surface area contributed by atoms with Crippen LogP contribution in [0.2, 0.25) is 5.02 Å². The van der Waals surface area contributed by atoms with Crippen LogP contribution >= 0.6 is 23.4 Å². The standard InChI is InChI=1S/C14H20ClNOS/c1-14(10-17,16-11-6-7-11)8-9-18-13-5-3-2-4-12(13)15/h2-5,11,16-17H,6-10H2,1H3. The van der Waals surface area contributed by atoms with E-state index >= 15 is 0 Å². The minimum atomic E-state index is -0.157. The molecular formula is C14H20ClNOS. The van der Waals surface area contributed by atoms with Gasteiger partial charge < -0.3 is 10.4 Å². The van der Waals surface area contributed by atoms with E-state index in [1.165, 1.54) is 12.8 Å². The van der Waals surface area contributed by atoms with Gasteiger partial charge in [-0.2, -0.15) is 0 Å². The van der Waals surface area contributed by atoms with Crippen LogP contribution in [0.1, 0.15) is 26.2 Å². The molecule has 1 aliphatic rings. The summed E-state index contributed by atoms with van der Waals surface area (Å²) in [5.74, 6) is 0.959. The van der Waals surface area contributed by atoms with Crippen LogP contribution in [0.15, 0.2) is 29.2 Å². The first-order chi connectivity index (χ1) is 8.63.